The van der Waals surface area contributed by atoms with Crippen LogP contribution in [-0.2, 0) is 0 Å². The van der Waals surface area contributed by atoms with Crippen molar-refractivity contribution in [1.82, 2.24) is 0 Å². The summed E-state index contributed by atoms with van der Waals surface area (Å²) in [6, 6.07) is 0. The fourth-order valence-electron chi connectivity index (χ4n) is 0.846. The van der Waals surface area contributed by atoms with Gasteiger partial charge in [0.15, 0.2) is 0 Å². The fourth-order valence-corrected chi connectivity index (χ4v) is 0.846. The van der Waals surface area contributed by atoms with Crippen molar-refractivity contribution in [3.63, 3.8) is 0 Å². The van der Waals surface area contributed by atoms with Crippen LogP contribution in [0.4, 0.5) is 0 Å². The smallest absolute Gasteiger partial charge is 0.0342 e. The van der Waals surface area contributed by atoms with Crippen molar-refractivity contribution in [2.75, 3.05) is 7.05 Å². The topological polar surface area (TPSA) is 12.4 Å². The average Bonchev–Trinajstić information content (AvgIpc) is 2.02. The largest absolute Gasteiger partial charge is 0.293 e. The van der Waals surface area contributed by atoms with E-state index in [9.17, 15) is 0 Å². The third-order valence-corrected chi connectivity index (χ3v) is 1.97. The van der Waals surface area contributed by atoms with Crippen molar-refractivity contribution < 1.29 is 0 Å². The van der Waals surface area contributed by atoms with Crippen LogP contribution in [-0.4, -0.2) is 12.8 Å². The van der Waals surface area contributed by atoms with Crippen molar-refractivity contribution in [2.45, 2.75) is 27.2 Å². The van der Waals surface area contributed by atoms with Gasteiger partial charge in [-0.1, -0.05) is 11.6 Å². The van der Waals surface area contributed by atoms with Crippen molar-refractivity contribution in [2.24, 2.45) is 4.99 Å². The first-order valence-electron chi connectivity index (χ1n) is 3.84. The van der Waals surface area contributed by atoms with E-state index in [1.165, 1.54) is 11.1 Å². The maximum atomic E-state index is 4.12. The minimum atomic E-state index is 0.957. The molecular formula is C10H17N. The summed E-state index contributed by atoms with van der Waals surface area (Å²) >= 11 is 0. The number of allylic oxidation sites excluding steroid dienone is 3. The number of rotatable bonds is 3. The van der Waals surface area contributed by atoms with Crippen LogP contribution in [0.5, 0.6) is 0 Å². The molecule has 0 heterocycles. The van der Waals surface area contributed by atoms with Gasteiger partial charge < -0.3 is 0 Å². The molecule has 0 bridgehead atoms. The molecule has 0 saturated heterocycles. The molecule has 0 spiro atoms. The molecule has 0 aliphatic heterocycles. The molecule has 0 radical (unpaired) electrons. The highest BCUT2D eigenvalue weighted by Gasteiger charge is 1.97. The Morgan fingerprint density at radius 1 is 1.36 bits per heavy atom. The molecular weight excluding hydrogens is 134 g/mol. The minimum absolute atomic E-state index is 0.957. The van der Waals surface area contributed by atoms with E-state index in [1.54, 1.807) is 0 Å². The molecule has 0 aliphatic rings. The van der Waals surface area contributed by atoms with Crippen LogP contribution < -0.4 is 0 Å². The van der Waals surface area contributed by atoms with Gasteiger partial charge in [-0.15, -0.1) is 6.58 Å². The van der Waals surface area contributed by atoms with E-state index < -0.39 is 0 Å². The van der Waals surface area contributed by atoms with E-state index in [-0.39, 0.29) is 0 Å². The minimum Gasteiger partial charge on any atom is -0.293 e. The lowest BCUT2D eigenvalue weighted by Crippen LogP contribution is -1.95. The number of aliphatic imine (C=N–C) groups is 1. The predicted octanol–water partition coefficient (Wildman–Crippen LogP) is 2.99. The van der Waals surface area contributed by atoms with Crippen molar-refractivity contribution in [3.05, 3.63) is 23.8 Å². The van der Waals surface area contributed by atoms with Crippen LogP contribution in [0, 0.1) is 0 Å². The fraction of sp³-hybridized carbons (Fsp3) is 0.500. The highest BCUT2D eigenvalue weighted by Crippen LogP contribution is 2.09. The Bertz CT molecular complexity index is 197. The Labute approximate surface area is 69.5 Å². The molecule has 0 N–H and O–H groups in total. The second-order valence-corrected chi connectivity index (χ2v) is 2.71. The van der Waals surface area contributed by atoms with Gasteiger partial charge in [0.2, 0.25) is 0 Å². The van der Waals surface area contributed by atoms with E-state index in [0.717, 1.165) is 12.1 Å². The normalized spacial score (nSPS) is 14.4. The number of hydrogen-bond acceptors (Lipinski definition) is 1. The summed E-state index contributed by atoms with van der Waals surface area (Å²) in [4.78, 5) is 4.12. The maximum absolute atomic E-state index is 4.12. The lowest BCUT2D eigenvalue weighted by Gasteiger charge is -2.03. The summed E-state index contributed by atoms with van der Waals surface area (Å²) in [7, 11) is 1.82. The summed E-state index contributed by atoms with van der Waals surface area (Å²) in [5.74, 6) is 0. The van der Waals surface area contributed by atoms with Gasteiger partial charge in [0.1, 0.15) is 0 Å². The van der Waals surface area contributed by atoms with Gasteiger partial charge in [-0.25, -0.2) is 0 Å². The summed E-state index contributed by atoms with van der Waals surface area (Å²) < 4.78 is 0. The first-order chi connectivity index (χ1) is 5.13. The number of nitrogens with zero attached hydrogens (tertiary/aromatic N) is 1. The Hall–Kier alpha value is -0.850. The molecule has 0 amide bonds. The van der Waals surface area contributed by atoms with Gasteiger partial charge in [-0.05, 0) is 32.8 Å². The van der Waals surface area contributed by atoms with E-state index in [4.69, 9.17) is 0 Å². The molecule has 0 aromatic rings. The zero-order valence-electron chi connectivity index (χ0n) is 7.94. The molecule has 1 nitrogen and oxygen atoms in total. The van der Waals surface area contributed by atoms with Crippen molar-refractivity contribution >= 4 is 5.71 Å². The van der Waals surface area contributed by atoms with Gasteiger partial charge in [0, 0.05) is 12.8 Å². The molecule has 0 aromatic heterocycles. The van der Waals surface area contributed by atoms with E-state index >= 15 is 0 Å². The SMILES string of the molecule is C=CC/C(C)=C(C)/C(C)=N/C. The van der Waals surface area contributed by atoms with E-state index in [1.807, 2.05) is 20.0 Å². The standard InChI is InChI=1S/C10H17N/c1-6-7-8(2)9(3)10(4)11-5/h6H,1,7H2,2-5H3/b9-8+,11-10+. The lowest BCUT2D eigenvalue weighted by atomic mass is 10.0. The Morgan fingerprint density at radius 2 is 1.91 bits per heavy atom. The quantitative estimate of drug-likeness (QED) is 0.434. The second kappa shape index (κ2) is 4.89. The number of hydrogen-bond donors (Lipinski definition) is 0. The van der Waals surface area contributed by atoms with E-state index in [2.05, 4.69) is 25.4 Å². The molecule has 1 heteroatoms. The van der Waals surface area contributed by atoms with Crippen LogP contribution >= 0.6 is 0 Å². The summed E-state index contributed by atoms with van der Waals surface area (Å²) in [5.41, 5.74) is 3.75. The van der Waals surface area contributed by atoms with E-state index in [0.29, 0.717) is 0 Å². The molecule has 11 heavy (non-hydrogen) atoms. The Kier molecular flexibility index (Phi) is 4.51. The molecule has 0 fully saturated rings. The van der Waals surface area contributed by atoms with Gasteiger partial charge in [-0.2, -0.15) is 0 Å². The first-order valence-corrected chi connectivity index (χ1v) is 3.84. The molecule has 0 rings (SSSR count). The molecule has 0 atom stereocenters. The Balaban J connectivity index is 4.51. The molecule has 62 valence electrons. The van der Waals surface area contributed by atoms with Crippen molar-refractivity contribution in [3.8, 4) is 0 Å². The van der Waals surface area contributed by atoms with Crippen LogP contribution in [0.2, 0.25) is 0 Å². The second-order valence-electron chi connectivity index (χ2n) is 2.71. The maximum Gasteiger partial charge on any atom is 0.0342 e. The van der Waals surface area contributed by atoms with Crippen molar-refractivity contribution in [1.29, 1.82) is 0 Å². The first kappa shape index (κ1) is 10.2. The van der Waals surface area contributed by atoms with Gasteiger partial charge >= 0.3 is 0 Å². The molecule has 0 aliphatic carbocycles. The highest BCUT2D eigenvalue weighted by molar-refractivity contribution is 5.98. The third kappa shape index (κ3) is 3.17. The van der Waals surface area contributed by atoms with Gasteiger partial charge in [-0.3, -0.25) is 4.99 Å². The van der Waals surface area contributed by atoms with Crippen LogP contribution in [0.1, 0.15) is 27.2 Å². The third-order valence-electron chi connectivity index (χ3n) is 1.97. The van der Waals surface area contributed by atoms with Crippen LogP contribution in [0.15, 0.2) is 28.8 Å². The Morgan fingerprint density at radius 3 is 2.27 bits per heavy atom. The van der Waals surface area contributed by atoms with Crippen LogP contribution in [0.25, 0.3) is 0 Å². The zero-order valence-corrected chi connectivity index (χ0v) is 7.94. The van der Waals surface area contributed by atoms with Crippen LogP contribution in [0.3, 0.4) is 0 Å². The lowest BCUT2D eigenvalue weighted by molar-refractivity contribution is 1.17. The summed E-state index contributed by atoms with van der Waals surface area (Å²) in [6.45, 7) is 9.94. The van der Waals surface area contributed by atoms with Gasteiger partial charge in [0.05, 0.1) is 0 Å². The monoisotopic (exact) mass is 151 g/mol. The van der Waals surface area contributed by atoms with Gasteiger partial charge in [0.25, 0.3) is 0 Å². The molecule has 0 unspecified atom stereocenters. The molecule has 0 saturated carbocycles. The summed E-state index contributed by atoms with van der Waals surface area (Å²) in [5, 5.41) is 0. The predicted molar refractivity (Wildman–Crippen MR) is 52.2 cm³/mol. The molecule has 0 aromatic carbocycles. The highest BCUT2D eigenvalue weighted by atomic mass is 14.7. The zero-order chi connectivity index (χ0) is 8.85. The average molecular weight is 151 g/mol. The summed E-state index contributed by atoms with van der Waals surface area (Å²) in [6.07, 6.45) is 2.88.